The Balaban J connectivity index is 1.75. The Morgan fingerprint density at radius 3 is 3.00 bits per heavy atom. The van der Waals surface area contributed by atoms with E-state index in [4.69, 9.17) is 16.0 Å². The number of thioether (sulfide) groups is 1. The molecule has 124 valence electrons. The first-order chi connectivity index (χ1) is 11.6. The number of fused-ring (bicyclic) bond motifs is 1. The number of hydrogen-bond donors (Lipinski definition) is 1. The molecule has 7 heteroatoms. The van der Waals surface area contributed by atoms with E-state index >= 15 is 0 Å². The lowest BCUT2D eigenvalue weighted by Crippen LogP contribution is -2.25. The molecular weight excluding hydrogens is 346 g/mol. The van der Waals surface area contributed by atoms with Crippen molar-refractivity contribution in [3.8, 4) is 0 Å². The molecule has 24 heavy (non-hydrogen) atoms. The first-order valence-corrected chi connectivity index (χ1v) is 8.78. The summed E-state index contributed by atoms with van der Waals surface area (Å²) in [4.78, 5) is 21.0. The second-order valence-corrected chi connectivity index (χ2v) is 6.86. The second-order valence-electron chi connectivity index (χ2n) is 5.27. The first-order valence-electron chi connectivity index (χ1n) is 7.52. The van der Waals surface area contributed by atoms with E-state index in [0.29, 0.717) is 33.6 Å². The van der Waals surface area contributed by atoms with Gasteiger partial charge in [0.2, 0.25) is 5.91 Å². The van der Waals surface area contributed by atoms with Crippen LogP contribution in [-0.2, 0) is 4.79 Å². The van der Waals surface area contributed by atoms with Gasteiger partial charge >= 0.3 is 0 Å². The zero-order valence-corrected chi connectivity index (χ0v) is 14.8. The summed E-state index contributed by atoms with van der Waals surface area (Å²) >= 11 is 7.29. The average Bonchev–Trinajstić information content (AvgIpc) is 2.98. The van der Waals surface area contributed by atoms with Crippen molar-refractivity contribution in [2.24, 2.45) is 0 Å². The van der Waals surface area contributed by atoms with E-state index in [9.17, 15) is 4.79 Å². The molecule has 0 bridgehead atoms. The highest BCUT2D eigenvalue weighted by Crippen LogP contribution is 2.29. The summed E-state index contributed by atoms with van der Waals surface area (Å²) in [6, 6.07) is 9.00. The smallest absolute Gasteiger partial charge is 0.259 e. The van der Waals surface area contributed by atoms with E-state index < -0.39 is 0 Å². The molecule has 0 saturated heterocycles. The molecule has 1 aromatic carbocycles. The fourth-order valence-corrected chi connectivity index (χ4v) is 3.21. The van der Waals surface area contributed by atoms with Gasteiger partial charge in [0.1, 0.15) is 0 Å². The zero-order chi connectivity index (χ0) is 17.1. The van der Waals surface area contributed by atoms with Gasteiger partial charge in [-0.05, 0) is 43.2 Å². The van der Waals surface area contributed by atoms with Gasteiger partial charge in [-0.25, -0.2) is 4.98 Å². The molecule has 0 unspecified atom stereocenters. The van der Waals surface area contributed by atoms with Crippen LogP contribution in [0.2, 0.25) is 5.02 Å². The van der Waals surface area contributed by atoms with Crippen LogP contribution in [0, 0.1) is 6.92 Å². The molecule has 0 aliphatic heterocycles. The normalized spacial score (nSPS) is 12.3. The number of halogens is 1. The molecule has 1 N–H and O–H groups in total. The fourth-order valence-electron chi connectivity index (χ4n) is 2.19. The van der Waals surface area contributed by atoms with E-state index in [2.05, 4.69) is 15.3 Å². The summed E-state index contributed by atoms with van der Waals surface area (Å²) < 4.78 is 5.63. The van der Waals surface area contributed by atoms with Gasteiger partial charge in [-0.2, -0.15) is 4.98 Å². The van der Waals surface area contributed by atoms with Crippen LogP contribution in [0.5, 0.6) is 0 Å². The monoisotopic (exact) mass is 361 g/mol. The number of aryl methyl sites for hydroxylation is 1. The molecule has 5 nitrogen and oxygen atoms in total. The molecule has 0 aliphatic rings. The number of nitrogens with one attached hydrogen (secondary N) is 1. The highest BCUT2D eigenvalue weighted by molar-refractivity contribution is 8.00. The number of carbonyl (C=O) groups excluding carboxylic acids is 1. The minimum absolute atomic E-state index is 0.108. The third-order valence-corrected chi connectivity index (χ3v) is 4.95. The highest BCUT2D eigenvalue weighted by atomic mass is 35.5. The van der Waals surface area contributed by atoms with Gasteiger partial charge in [0.25, 0.3) is 5.22 Å². The van der Waals surface area contributed by atoms with Crippen LogP contribution in [0.15, 0.2) is 46.2 Å². The number of carbonyl (C=O) groups is 1. The Hall–Kier alpha value is -2.05. The van der Waals surface area contributed by atoms with Gasteiger partial charge in [-0.3, -0.25) is 4.79 Å². The van der Waals surface area contributed by atoms with Crippen molar-refractivity contribution in [3.05, 3.63) is 47.1 Å². The molecule has 3 rings (SSSR count). The van der Waals surface area contributed by atoms with Gasteiger partial charge in [0.05, 0.1) is 5.25 Å². The first kappa shape index (κ1) is 16.8. The quantitative estimate of drug-likeness (QED) is 0.667. The maximum Gasteiger partial charge on any atom is 0.259 e. The molecule has 3 aromatic rings. The molecule has 2 heterocycles. The summed E-state index contributed by atoms with van der Waals surface area (Å²) in [5.74, 6) is -0.108. The van der Waals surface area contributed by atoms with Crippen LogP contribution >= 0.6 is 23.4 Å². The lowest BCUT2D eigenvalue weighted by atomic mass is 10.2. The van der Waals surface area contributed by atoms with Crippen molar-refractivity contribution in [2.45, 2.75) is 30.7 Å². The lowest BCUT2D eigenvalue weighted by Gasteiger charge is -2.14. The van der Waals surface area contributed by atoms with E-state index in [0.717, 1.165) is 5.56 Å². The second kappa shape index (κ2) is 7.23. The van der Waals surface area contributed by atoms with Crippen molar-refractivity contribution in [3.63, 3.8) is 0 Å². The summed E-state index contributed by atoms with van der Waals surface area (Å²) in [6.07, 6.45) is 2.30. The van der Waals surface area contributed by atoms with Crippen LogP contribution in [-0.4, -0.2) is 21.1 Å². The molecule has 0 saturated carbocycles. The van der Waals surface area contributed by atoms with Crippen molar-refractivity contribution in [2.75, 3.05) is 5.32 Å². The summed E-state index contributed by atoms with van der Waals surface area (Å²) in [5, 5.41) is 3.63. The SMILES string of the molecule is CC[C@@H](Sc1nc2ncccc2o1)C(=O)Nc1cc(Cl)ccc1C. The van der Waals surface area contributed by atoms with E-state index in [1.807, 2.05) is 19.9 Å². The number of hydrogen-bond acceptors (Lipinski definition) is 5. The molecule has 0 spiro atoms. The number of rotatable bonds is 5. The minimum atomic E-state index is -0.323. The Morgan fingerprint density at radius 2 is 2.25 bits per heavy atom. The van der Waals surface area contributed by atoms with Gasteiger partial charge in [-0.1, -0.05) is 36.4 Å². The number of oxazole rings is 1. The van der Waals surface area contributed by atoms with Crippen molar-refractivity contribution >= 4 is 46.2 Å². The fraction of sp³-hybridized carbons (Fsp3) is 0.235. The van der Waals surface area contributed by atoms with Crippen molar-refractivity contribution < 1.29 is 9.21 Å². The number of nitrogens with zero attached hydrogens (tertiary/aromatic N) is 2. The third-order valence-electron chi connectivity index (χ3n) is 3.51. The van der Waals surface area contributed by atoms with Crippen molar-refractivity contribution in [1.82, 2.24) is 9.97 Å². The van der Waals surface area contributed by atoms with Gasteiger partial charge in [-0.15, -0.1) is 0 Å². The Kier molecular flexibility index (Phi) is 5.06. The minimum Gasteiger partial charge on any atom is -0.430 e. The highest BCUT2D eigenvalue weighted by Gasteiger charge is 2.22. The number of aromatic nitrogens is 2. The molecule has 1 amide bonds. The summed E-state index contributed by atoms with van der Waals surface area (Å²) in [6.45, 7) is 3.87. The van der Waals surface area contributed by atoms with Crippen molar-refractivity contribution in [1.29, 1.82) is 0 Å². The lowest BCUT2D eigenvalue weighted by molar-refractivity contribution is -0.115. The third kappa shape index (κ3) is 3.71. The Morgan fingerprint density at radius 1 is 1.42 bits per heavy atom. The molecule has 2 aromatic heterocycles. The van der Waals surface area contributed by atoms with Crippen LogP contribution in [0.4, 0.5) is 5.69 Å². The Labute approximate surface area is 148 Å². The van der Waals surface area contributed by atoms with Gasteiger partial charge < -0.3 is 9.73 Å². The summed E-state index contributed by atoms with van der Waals surface area (Å²) in [7, 11) is 0. The van der Waals surface area contributed by atoms with Crippen LogP contribution < -0.4 is 5.32 Å². The number of pyridine rings is 1. The number of benzene rings is 1. The van der Waals surface area contributed by atoms with E-state index in [1.54, 1.807) is 30.5 Å². The average molecular weight is 362 g/mol. The molecule has 0 radical (unpaired) electrons. The van der Waals surface area contributed by atoms with E-state index in [-0.39, 0.29) is 11.2 Å². The largest absolute Gasteiger partial charge is 0.430 e. The molecule has 0 aliphatic carbocycles. The predicted molar refractivity (Wildman–Crippen MR) is 96.6 cm³/mol. The number of anilines is 1. The van der Waals surface area contributed by atoms with Crippen LogP contribution in [0.1, 0.15) is 18.9 Å². The molecular formula is C17H16ClN3O2S. The van der Waals surface area contributed by atoms with Gasteiger partial charge in [0, 0.05) is 16.9 Å². The standard InChI is InChI=1S/C17H16ClN3O2S/c1-3-14(16(22)20-12-9-11(18)7-6-10(12)2)24-17-21-15-13(23-17)5-4-8-19-15/h4-9,14H,3H2,1-2H3,(H,20,22)/t14-/m1/s1. The van der Waals surface area contributed by atoms with Gasteiger partial charge in [0.15, 0.2) is 11.2 Å². The Bertz CT molecular complexity index is 848. The maximum absolute atomic E-state index is 12.6. The van der Waals surface area contributed by atoms with Crippen LogP contribution in [0.25, 0.3) is 11.2 Å². The maximum atomic E-state index is 12.6. The zero-order valence-electron chi connectivity index (χ0n) is 13.2. The molecule has 0 fully saturated rings. The van der Waals surface area contributed by atoms with Crippen LogP contribution in [0.3, 0.4) is 0 Å². The summed E-state index contributed by atoms with van der Waals surface area (Å²) in [5.41, 5.74) is 2.83. The molecule has 1 atom stereocenters. The topological polar surface area (TPSA) is 68.0 Å². The van der Waals surface area contributed by atoms with E-state index in [1.165, 1.54) is 11.8 Å². The number of amides is 1. The predicted octanol–water partition coefficient (Wildman–Crippen LogP) is 4.69.